The fourth-order valence-electron chi connectivity index (χ4n) is 1.59. The normalized spacial score (nSPS) is 10.1. The quantitative estimate of drug-likeness (QED) is 0.835. The van der Waals surface area contributed by atoms with Crippen LogP contribution in [-0.4, -0.2) is 15.9 Å². The van der Waals surface area contributed by atoms with Gasteiger partial charge in [-0.3, -0.25) is 9.78 Å². The van der Waals surface area contributed by atoms with Crippen LogP contribution in [0.4, 0.5) is 5.69 Å². The number of aromatic nitrogens is 1. The lowest BCUT2D eigenvalue weighted by atomic mass is 10.2. The summed E-state index contributed by atoms with van der Waals surface area (Å²) in [6.45, 7) is 1.92. The number of rotatable bonds is 3. The molecule has 4 nitrogen and oxygen atoms in total. The van der Waals surface area contributed by atoms with E-state index in [9.17, 15) is 4.79 Å². The zero-order valence-electron chi connectivity index (χ0n) is 10.7. The van der Waals surface area contributed by atoms with Crippen LogP contribution >= 0.6 is 28.1 Å². The summed E-state index contributed by atoms with van der Waals surface area (Å²) in [4.78, 5) is 16.4. The lowest BCUT2D eigenvalue weighted by Gasteiger charge is -2.08. The van der Waals surface area contributed by atoms with Crippen LogP contribution in [0.15, 0.2) is 41.0 Å². The van der Waals surface area contributed by atoms with Gasteiger partial charge in [0.15, 0.2) is 0 Å². The van der Waals surface area contributed by atoms with Crippen molar-refractivity contribution >= 4 is 44.7 Å². The van der Waals surface area contributed by atoms with E-state index in [0.29, 0.717) is 11.3 Å². The van der Waals surface area contributed by atoms with Crippen LogP contribution < -0.4 is 11.1 Å². The van der Waals surface area contributed by atoms with Crippen LogP contribution in [0.3, 0.4) is 0 Å². The van der Waals surface area contributed by atoms with Crippen molar-refractivity contribution in [2.24, 2.45) is 5.73 Å². The molecule has 0 bridgehead atoms. The number of thiocarbonyl (C=S) groups is 1. The van der Waals surface area contributed by atoms with Crippen molar-refractivity contribution in [3.63, 3.8) is 0 Å². The summed E-state index contributed by atoms with van der Waals surface area (Å²) in [6, 6.07) is 8.95. The molecule has 102 valence electrons. The molecule has 3 N–H and O–H groups in total. The molecule has 0 aliphatic carbocycles. The number of pyridine rings is 1. The van der Waals surface area contributed by atoms with Gasteiger partial charge in [0.05, 0.1) is 0 Å². The predicted molar refractivity (Wildman–Crippen MR) is 87.0 cm³/mol. The second-order valence-corrected chi connectivity index (χ2v) is 5.57. The number of nitrogens with two attached hydrogens (primary N) is 1. The Bertz CT molecular complexity index is 671. The minimum Gasteiger partial charge on any atom is -0.389 e. The Morgan fingerprint density at radius 2 is 2.10 bits per heavy atom. The zero-order chi connectivity index (χ0) is 14.7. The SMILES string of the molecule is Cc1ccc(Br)cc1NC(=O)c1ccc(C(N)=S)cn1. The van der Waals surface area contributed by atoms with Crippen molar-refractivity contribution in [3.05, 3.63) is 57.8 Å². The van der Waals surface area contributed by atoms with Crippen molar-refractivity contribution in [1.82, 2.24) is 4.98 Å². The number of halogens is 1. The Morgan fingerprint density at radius 1 is 1.35 bits per heavy atom. The molecule has 1 aromatic heterocycles. The van der Waals surface area contributed by atoms with Crippen LogP contribution in [0, 0.1) is 6.92 Å². The summed E-state index contributed by atoms with van der Waals surface area (Å²) >= 11 is 8.21. The fraction of sp³-hybridized carbons (Fsp3) is 0.0714. The maximum atomic E-state index is 12.1. The van der Waals surface area contributed by atoms with Gasteiger partial charge in [0.1, 0.15) is 10.7 Å². The molecule has 0 unspecified atom stereocenters. The molecule has 0 saturated carbocycles. The largest absolute Gasteiger partial charge is 0.389 e. The molecule has 0 fully saturated rings. The van der Waals surface area contributed by atoms with Gasteiger partial charge in [-0.1, -0.05) is 34.2 Å². The van der Waals surface area contributed by atoms with Crippen LogP contribution in [-0.2, 0) is 0 Å². The monoisotopic (exact) mass is 349 g/mol. The molecule has 0 atom stereocenters. The summed E-state index contributed by atoms with van der Waals surface area (Å²) in [5, 5.41) is 2.82. The second-order valence-electron chi connectivity index (χ2n) is 4.21. The minimum atomic E-state index is -0.277. The topological polar surface area (TPSA) is 68.0 Å². The fourth-order valence-corrected chi connectivity index (χ4v) is 2.07. The third-order valence-electron chi connectivity index (χ3n) is 2.73. The van der Waals surface area contributed by atoms with Crippen LogP contribution in [0.5, 0.6) is 0 Å². The first-order chi connectivity index (χ1) is 9.47. The van der Waals surface area contributed by atoms with Gasteiger partial charge in [0.2, 0.25) is 0 Å². The molecule has 1 heterocycles. The number of hydrogen-bond acceptors (Lipinski definition) is 3. The molecule has 1 aromatic carbocycles. The Balaban J connectivity index is 2.19. The highest BCUT2D eigenvalue weighted by molar-refractivity contribution is 9.10. The number of aryl methyl sites for hydroxylation is 1. The highest BCUT2D eigenvalue weighted by Gasteiger charge is 2.10. The summed E-state index contributed by atoms with van der Waals surface area (Å²) in [6.07, 6.45) is 1.49. The minimum absolute atomic E-state index is 0.257. The molecule has 6 heteroatoms. The van der Waals surface area contributed by atoms with Gasteiger partial charge in [-0.15, -0.1) is 0 Å². The van der Waals surface area contributed by atoms with E-state index in [4.69, 9.17) is 18.0 Å². The standard InChI is InChI=1S/C14H12BrN3OS/c1-8-2-4-10(15)6-12(8)18-14(19)11-5-3-9(7-17-11)13(16)20/h2-7H,1H3,(H2,16,20)(H,18,19). The third-order valence-corrected chi connectivity index (χ3v) is 3.46. The summed E-state index contributed by atoms with van der Waals surface area (Å²) in [5.74, 6) is -0.277. The van der Waals surface area contributed by atoms with Crippen LogP contribution in [0.2, 0.25) is 0 Å². The summed E-state index contributed by atoms with van der Waals surface area (Å²) in [5.41, 5.74) is 8.14. The number of carbonyl (C=O) groups excluding carboxylic acids is 1. The van der Waals surface area contributed by atoms with Gasteiger partial charge in [-0.05, 0) is 36.8 Å². The molecule has 20 heavy (non-hydrogen) atoms. The predicted octanol–water partition coefficient (Wildman–Crippen LogP) is 3.04. The van der Waals surface area contributed by atoms with Crippen molar-refractivity contribution in [3.8, 4) is 0 Å². The lowest BCUT2D eigenvalue weighted by Crippen LogP contribution is -2.16. The molecule has 1 amide bonds. The number of amides is 1. The Hall–Kier alpha value is -1.79. The van der Waals surface area contributed by atoms with Crippen LogP contribution in [0.1, 0.15) is 21.6 Å². The van der Waals surface area contributed by atoms with Crippen molar-refractivity contribution in [2.45, 2.75) is 6.92 Å². The van der Waals surface area contributed by atoms with Crippen molar-refractivity contribution in [2.75, 3.05) is 5.32 Å². The molecule has 0 spiro atoms. The van der Waals surface area contributed by atoms with E-state index in [1.54, 1.807) is 12.1 Å². The Kier molecular flexibility index (Phi) is 4.46. The Labute approximate surface area is 130 Å². The first-order valence-electron chi connectivity index (χ1n) is 5.81. The molecule has 0 saturated heterocycles. The highest BCUT2D eigenvalue weighted by Crippen LogP contribution is 2.21. The molecule has 0 aliphatic rings. The highest BCUT2D eigenvalue weighted by atomic mass is 79.9. The number of hydrogen-bond donors (Lipinski definition) is 2. The van der Waals surface area contributed by atoms with Gasteiger partial charge < -0.3 is 11.1 Å². The third kappa shape index (κ3) is 3.40. The lowest BCUT2D eigenvalue weighted by molar-refractivity contribution is 0.102. The van der Waals surface area contributed by atoms with E-state index in [-0.39, 0.29) is 10.9 Å². The second kappa shape index (κ2) is 6.11. The molecular formula is C14H12BrN3OS. The summed E-state index contributed by atoms with van der Waals surface area (Å²) < 4.78 is 0.898. The van der Waals surface area contributed by atoms with E-state index >= 15 is 0 Å². The van der Waals surface area contributed by atoms with Gasteiger partial charge in [-0.25, -0.2) is 0 Å². The van der Waals surface area contributed by atoms with Crippen LogP contribution in [0.25, 0.3) is 0 Å². The van der Waals surface area contributed by atoms with E-state index in [0.717, 1.165) is 15.7 Å². The number of nitrogens with one attached hydrogen (secondary N) is 1. The van der Waals surface area contributed by atoms with Gasteiger partial charge in [0.25, 0.3) is 5.91 Å². The van der Waals surface area contributed by atoms with Gasteiger partial charge in [-0.2, -0.15) is 0 Å². The van der Waals surface area contributed by atoms with E-state index in [1.807, 2.05) is 25.1 Å². The maximum Gasteiger partial charge on any atom is 0.274 e. The van der Waals surface area contributed by atoms with Crippen molar-refractivity contribution < 1.29 is 4.79 Å². The molecule has 2 rings (SSSR count). The van der Waals surface area contributed by atoms with E-state index in [2.05, 4.69) is 26.2 Å². The van der Waals surface area contributed by atoms with E-state index < -0.39 is 0 Å². The average molecular weight is 350 g/mol. The van der Waals surface area contributed by atoms with Crippen molar-refractivity contribution in [1.29, 1.82) is 0 Å². The van der Waals surface area contributed by atoms with Gasteiger partial charge in [0, 0.05) is 21.9 Å². The molecular weight excluding hydrogens is 338 g/mol. The smallest absolute Gasteiger partial charge is 0.274 e. The first kappa shape index (κ1) is 14.6. The maximum absolute atomic E-state index is 12.1. The molecule has 2 aromatic rings. The number of carbonyl (C=O) groups is 1. The average Bonchev–Trinajstić information content (AvgIpc) is 2.43. The summed E-state index contributed by atoms with van der Waals surface area (Å²) in [7, 11) is 0. The number of nitrogens with zero attached hydrogens (tertiary/aromatic N) is 1. The number of benzene rings is 1. The first-order valence-corrected chi connectivity index (χ1v) is 7.01. The van der Waals surface area contributed by atoms with Gasteiger partial charge >= 0.3 is 0 Å². The molecule has 0 radical (unpaired) electrons. The molecule has 0 aliphatic heterocycles. The Morgan fingerprint density at radius 3 is 2.70 bits per heavy atom. The zero-order valence-corrected chi connectivity index (χ0v) is 13.1. The number of anilines is 1. The van der Waals surface area contributed by atoms with E-state index in [1.165, 1.54) is 6.20 Å².